The van der Waals surface area contributed by atoms with E-state index in [0.717, 1.165) is 56.6 Å². The van der Waals surface area contributed by atoms with E-state index in [-0.39, 0.29) is 24.4 Å². The number of urea groups is 1. The monoisotopic (exact) mass is 549 g/mol. The summed E-state index contributed by atoms with van der Waals surface area (Å²) in [5.41, 5.74) is 2.47. The maximum atomic E-state index is 12.6. The second-order valence-corrected chi connectivity index (χ2v) is 11.1. The first kappa shape index (κ1) is 27.6. The van der Waals surface area contributed by atoms with Crippen LogP contribution in [0.5, 0.6) is 5.75 Å². The molecule has 40 heavy (non-hydrogen) atoms. The van der Waals surface area contributed by atoms with E-state index in [1.165, 1.54) is 17.7 Å². The highest BCUT2D eigenvalue weighted by Crippen LogP contribution is 2.27. The van der Waals surface area contributed by atoms with Gasteiger partial charge in [0.05, 0.1) is 12.0 Å². The zero-order chi connectivity index (χ0) is 27.9. The van der Waals surface area contributed by atoms with Crippen LogP contribution in [0.25, 0.3) is 0 Å². The van der Waals surface area contributed by atoms with Gasteiger partial charge in [-0.2, -0.15) is 0 Å². The third-order valence-electron chi connectivity index (χ3n) is 8.12. The fraction of sp³-hybridized carbons (Fsp3) is 0.500. The molecule has 4 N–H and O–H groups in total. The first-order valence-electron chi connectivity index (χ1n) is 14.4. The van der Waals surface area contributed by atoms with Crippen LogP contribution < -0.4 is 25.6 Å². The molecule has 4 amide bonds. The number of nitrogens with zero attached hydrogens (tertiary/aromatic N) is 2. The summed E-state index contributed by atoms with van der Waals surface area (Å²) in [7, 11) is 0. The lowest BCUT2D eigenvalue weighted by molar-refractivity contribution is -0.126. The van der Waals surface area contributed by atoms with Crippen molar-refractivity contribution in [2.75, 3.05) is 48.3 Å². The van der Waals surface area contributed by atoms with Gasteiger partial charge in [-0.15, -0.1) is 0 Å². The molecule has 2 atom stereocenters. The minimum absolute atomic E-state index is 0.0496. The van der Waals surface area contributed by atoms with E-state index in [2.05, 4.69) is 20.9 Å². The Labute approximate surface area is 235 Å². The number of carbonyl (C=O) groups excluding carboxylic acids is 2. The van der Waals surface area contributed by atoms with Gasteiger partial charge in [0.1, 0.15) is 5.75 Å². The second kappa shape index (κ2) is 12.9. The van der Waals surface area contributed by atoms with Gasteiger partial charge in [0.25, 0.3) is 0 Å². The number of ether oxygens (including phenoxy) is 1. The number of anilines is 3. The normalized spacial score (nSPS) is 21.2. The Hall–Kier alpha value is -3.95. The molecule has 214 valence electrons. The highest BCUT2D eigenvalue weighted by Gasteiger charge is 2.29. The fourth-order valence-electron chi connectivity index (χ4n) is 5.85. The fourth-order valence-corrected chi connectivity index (χ4v) is 5.85. The first-order chi connectivity index (χ1) is 19.4. The molecule has 2 saturated heterocycles. The Bertz CT molecular complexity index is 1170. The van der Waals surface area contributed by atoms with Crippen molar-refractivity contribution in [2.24, 2.45) is 11.8 Å². The summed E-state index contributed by atoms with van der Waals surface area (Å²) in [5, 5.41) is 18.0. The van der Waals surface area contributed by atoms with Crippen molar-refractivity contribution in [3.63, 3.8) is 0 Å². The van der Waals surface area contributed by atoms with E-state index in [1.54, 1.807) is 0 Å². The molecule has 0 aromatic heterocycles. The van der Waals surface area contributed by atoms with E-state index in [1.807, 2.05) is 48.5 Å². The van der Waals surface area contributed by atoms with Crippen molar-refractivity contribution in [3.05, 3.63) is 48.5 Å². The van der Waals surface area contributed by atoms with Crippen LogP contribution in [-0.2, 0) is 4.79 Å². The van der Waals surface area contributed by atoms with E-state index in [0.29, 0.717) is 36.5 Å². The molecule has 10 heteroatoms. The zero-order valence-electron chi connectivity index (χ0n) is 22.8. The van der Waals surface area contributed by atoms with Gasteiger partial charge in [-0.1, -0.05) is 0 Å². The van der Waals surface area contributed by atoms with Crippen LogP contribution in [0.4, 0.5) is 26.7 Å². The molecule has 2 aliphatic heterocycles. The smallest absolute Gasteiger partial charge is 0.407 e. The Balaban J connectivity index is 1.03. The van der Waals surface area contributed by atoms with Crippen LogP contribution in [0, 0.1) is 11.8 Å². The zero-order valence-corrected chi connectivity index (χ0v) is 22.8. The predicted octanol–water partition coefficient (Wildman–Crippen LogP) is 4.98. The van der Waals surface area contributed by atoms with Crippen LogP contribution in [0.1, 0.15) is 44.9 Å². The maximum absolute atomic E-state index is 12.6. The minimum Gasteiger partial charge on any atom is -0.490 e. The van der Waals surface area contributed by atoms with Crippen LogP contribution in [0.2, 0.25) is 0 Å². The van der Waals surface area contributed by atoms with Gasteiger partial charge in [0.2, 0.25) is 5.91 Å². The van der Waals surface area contributed by atoms with Crippen molar-refractivity contribution in [1.82, 2.24) is 10.2 Å². The van der Waals surface area contributed by atoms with Gasteiger partial charge in [-0.05, 0) is 99.4 Å². The first-order valence-corrected chi connectivity index (χ1v) is 14.4. The Kier molecular flexibility index (Phi) is 8.93. The number of carboxylic acid groups (broad SMARTS) is 1. The number of rotatable bonds is 8. The number of carbonyl (C=O) groups is 3. The maximum Gasteiger partial charge on any atom is 0.407 e. The van der Waals surface area contributed by atoms with E-state index < -0.39 is 6.09 Å². The van der Waals surface area contributed by atoms with Crippen LogP contribution in [0.15, 0.2) is 48.5 Å². The third-order valence-corrected chi connectivity index (χ3v) is 8.12. The van der Waals surface area contributed by atoms with Gasteiger partial charge in [0, 0.05) is 49.8 Å². The molecule has 3 fully saturated rings. The van der Waals surface area contributed by atoms with Crippen molar-refractivity contribution in [1.29, 1.82) is 0 Å². The molecule has 0 spiro atoms. The molecule has 1 saturated carbocycles. The van der Waals surface area contributed by atoms with E-state index >= 15 is 0 Å². The third kappa shape index (κ3) is 7.37. The van der Waals surface area contributed by atoms with Gasteiger partial charge in [0.15, 0.2) is 0 Å². The SMILES string of the molecule is O=C(Nc1ccc(OC2CCCC2)cc1)Nc1ccc(N2CCC(CNC(=O)C3CCCN(C(=O)O)C3)C2)cc1. The summed E-state index contributed by atoms with van der Waals surface area (Å²) in [5.74, 6) is 0.846. The lowest BCUT2D eigenvalue weighted by atomic mass is 9.97. The quantitative estimate of drug-likeness (QED) is 0.368. The molecule has 3 aliphatic rings. The van der Waals surface area contributed by atoms with Crippen LogP contribution >= 0.6 is 0 Å². The van der Waals surface area contributed by atoms with Gasteiger partial charge >= 0.3 is 12.1 Å². The Morgan fingerprint density at radius 1 is 0.825 bits per heavy atom. The predicted molar refractivity (Wildman–Crippen MR) is 154 cm³/mol. The second-order valence-electron chi connectivity index (χ2n) is 11.1. The van der Waals surface area contributed by atoms with Crippen LogP contribution in [-0.4, -0.2) is 66.9 Å². The molecule has 2 aromatic carbocycles. The molecule has 0 radical (unpaired) electrons. The average Bonchev–Trinajstić information content (AvgIpc) is 3.66. The van der Waals surface area contributed by atoms with Crippen molar-refractivity contribution >= 4 is 35.1 Å². The Morgan fingerprint density at radius 2 is 1.50 bits per heavy atom. The molecule has 2 unspecified atom stereocenters. The molecular formula is C30H39N5O5. The lowest BCUT2D eigenvalue weighted by Gasteiger charge is -2.30. The van der Waals surface area contributed by atoms with Gasteiger partial charge in [-0.3, -0.25) is 4.79 Å². The summed E-state index contributed by atoms with van der Waals surface area (Å²) >= 11 is 0. The van der Waals surface area contributed by atoms with E-state index in [9.17, 15) is 19.5 Å². The topological polar surface area (TPSA) is 123 Å². The molecule has 5 rings (SSSR count). The van der Waals surface area contributed by atoms with E-state index in [4.69, 9.17) is 4.74 Å². The number of likely N-dealkylation sites (tertiary alicyclic amines) is 1. The summed E-state index contributed by atoms with van der Waals surface area (Å²) in [6, 6.07) is 14.9. The molecule has 2 heterocycles. The molecular weight excluding hydrogens is 510 g/mol. The number of amides is 4. The Morgan fingerprint density at radius 3 is 2.17 bits per heavy atom. The summed E-state index contributed by atoms with van der Waals surface area (Å²) in [4.78, 5) is 39.9. The number of hydrogen-bond acceptors (Lipinski definition) is 5. The van der Waals surface area contributed by atoms with Crippen molar-refractivity contribution < 1.29 is 24.2 Å². The lowest BCUT2D eigenvalue weighted by Crippen LogP contribution is -2.45. The van der Waals surface area contributed by atoms with Gasteiger partial charge in [-0.25, -0.2) is 9.59 Å². The number of nitrogens with one attached hydrogen (secondary N) is 3. The largest absolute Gasteiger partial charge is 0.490 e. The minimum atomic E-state index is -0.958. The molecule has 2 aromatic rings. The molecule has 1 aliphatic carbocycles. The standard InChI is InChI=1S/C30H39N5O5/c36-28(22-4-3-16-35(20-22)30(38)39)31-18-21-15-17-34(19-21)25-11-7-23(8-12-25)32-29(37)33-24-9-13-27(14-10-24)40-26-5-1-2-6-26/h7-14,21-22,26H,1-6,15-20H2,(H,31,36)(H,38,39)(H2,32,33,37). The summed E-state index contributed by atoms with van der Waals surface area (Å²) < 4.78 is 5.98. The average molecular weight is 550 g/mol. The number of benzene rings is 2. The molecule has 10 nitrogen and oxygen atoms in total. The van der Waals surface area contributed by atoms with Crippen molar-refractivity contribution in [3.8, 4) is 5.75 Å². The number of piperidine rings is 1. The van der Waals surface area contributed by atoms with Gasteiger partial charge < -0.3 is 35.6 Å². The number of hydrogen-bond donors (Lipinski definition) is 4. The summed E-state index contributed by atoms with van der Waals surface area (Å²) in [6.45, 7) is 3.09. The highest BCUT2D eigenvalue weighted by molar-refractivity contribution is 5.99. The molecule has 0 bridgehead atoms. The van der Waals surface area contributed by atoms with Crippen molar-refractivity contribution in [2.45, 2.75) is 51.0 Å². The summed E-state index contributed by atoms with van der Waals surface area (Å²) in [6.07, 6.45) is 6.42. The highest BCUT2D eigenvalue weighted by atomic mass is 16.5. The van der Waals surface area contributed by atoms with Crippen LogP contribution in [0.3, 0.4) is 0 Å².